The lowest BCUT2D eigenvalue weighted by Crippen LogP contribution is -2.19. The van der Waals surface area contributed by atoms with E-state index in [4.69, 9.17) is 4.74 Å². The number of carbonyl (C=O) groups is 1. The Balaban J connectivity index is 1.47. The molecule has 1 amide bonds. The number of hydrogen-bond acceptors (Lipinski definition) is 2. The second-order valence-electron chi connectivity index (χ2n) is 6.43. The second-order valence-corrected chi connectivity index (χ2v) is 6.43. The molecule has 1 aromatic carbocycles. The fourth-order valence-corrected chi connectivity index (χ4v) is 4.74. The van der Waals surface area contributed by atoms with Crippen LogP contribution in [-0.4, -0.2) is 12.5 Å². The van der Waals surface area contributed by atoms with Crippen LogP contribution >= 0.6 is 0 Å². The van der Waals surface area contributed by atoms with Crippen molar-refractivity contribution in [3.8, 4) is 5.75 Å². The van der Waals surface area contributed by atoms with E-state index in [1.165, 1.54) is 19.3 Å². The van der Waals surface area contributed by atoms with Crippen LogP contribution in [0.4, 0.5) is 5.69 Å². The Morgan fingerprint density at radius 3 is 2.65 bits per heavy atom. The van der Waals surface area contributed by atoms with Crippen LogP contribution in [0.25, 0.3) is 0 Å². The lowest BCUT2D eigenvalue weighted by Gasteiger charge is -2.13. The molecular weight excluding hydrogens is 250 g/mol. The third-order valence-corrected chi connectivity index (χ3v) is 5.48. The van der Waals surface area contributed by atoms with E-state index in [1.807, 2.05) is 31.2 Å². The lowest BCUT2D eigenvalue weighted by molar-refractivity contribution is -0.118. The van der Waals surface area contributed by atoms with Crippen molar-refractivity contribution in [3.63, 3.8) is 0 Å². The minimum atomic E-state index is 0.212. The third kappa shape index (κ3) is 1.75. The van der Waals surface area contributed by atoms with Gasteiger partial charge >= 0.3 is 0 Å². The largest absolute Gasteiger partial charge is 0.492 e. The molecule has 3 fully saturated rings. The van der Waals surface area contributed by atoms with Gasteiger partial charge in [0.25, 0.3) is 0 Å². The van der Waals surface area contributed by atoms with Crippen molar-refractivity contribution in [1.82, 2.24) is 0 Å². The summed E-state index contributed by atoms with van der Waals surface area (Å²) in [5.74, 6) is 4.31. The number of carbonyl (C=O) groups excluding carboxylic acids is 1. The number of rotatable bonds is 4. The van der Waals surface area contributed by atoms with Crippen molar-refractivity contribution >= 4 is 11.6 Å². The van der Waals surface area contributed by atoms with Crippen molar-refractivity contribution in [2.45, 2.75) is 26.2 Å². The number of para-hydroxylation sites is 2. The van der Waals surface area contributed by atoms with Crippen LogP contribution in [0.1, 0.15) is 26.2 Å². The van der Waals surface area contributed by atoms with Crippen molar-refractivity contribution in [1.29, 1.82) is 0 Å². The normalized spacial score (nSPS) is 36.5. The summed E-state index contributed by atoms with van der Waals surface area (Å²) in [6.07, 6.45) is 4.09. The molecule has 1 N–H and O–H groups in total. The minimum Gasteiger partial charge on any atom is -0.492 e. The lowest BCUT2D eigenvalue weighted by atomic mass is 10.0. The molecule has 3 aliphatic carbocycles. The second kappa shape index (κ2) is 4.51. The van der Waals surface area contributed by atoms with Crippen LogP contribution in [0.5, 0.6) is 5.75 Å². The maximum absolute atomic E-state index is 12.5. The van der Waals surface area contributed by atoms with Crippen molar-refractivity contribution in [3.05, 3.63) is 24.3 Å². The number of amides is 1. The zero-order valence-corrected chi connectivity index (χ0v) is 11.8. The van der Waals surface area contributed by atoms with E-state index in [9.17, 15) is 4.79 Å². The van der Waals surface area contributed by atoms with Crippen LogP contribution in [-0.2, 0) is 4.79 Å². The Bertz CT molecular complexity index is 526. The van der Waals surface area contributed by atoms with Crippen LogP contribution < -0.4 is 10.1 Å². The van der Waals surface area contributed by atoms with E-state index >= 15 is 0 Å². The highest BCUT2D eigenvalue weighted by molar-refractivity contribution is 5.96. The van der Waals surface area contributed by atoms with E-state index in [0.717, 1.165) is 23.3 Å². The molecule has 2 bridgehead atoms. The molecule has 4 rings (SSSR count). The standard InChI is InChI=1S/C17H21NO2/c1-2-20-13-6-4-3-5-12(13)18-17(19)16-14-10-7-8-11(9-10)15(14)16/h3-6,10-11,14-16H,2,7-9H2,1H3,(H,18,19)/t10-,11-,14+,15+/m1/s1. The first-order chi connectivity index (χ1) is 9.79. The molecular formula is C17H21NO2. The molecule has 0 saturated heterocycles. The Morgan fingerprint density at radius 1 is 1.25 bits per heavy atom. The molecule has 0 aromatic heterocycles. The van der Waals surface area contributed by atoms with Gasteiger partial charge in [0.1, 0.15) is 5.75 Å². The monoisotopic (exact) mass is 271 g/mol. The Hall–Kier alpha value is -1.51. The highest BCUT2D eigenvalue weighted by atomic mass is 16.5. The van der Waals surface area contributed by atoms with Gasteiger partial charge in [-0.1, -0.05) is 12.1 Å². The highest BCUT2D eigenvalue weighted by Gasteiger charge is 2.67. The summed E-state index contributed by atoms with van der Waals surface area (Å²) in [4.78, 5) is 12.5. The van der Waals surface area contributed by atoms with E-state index in [-0.39, 0.29) is 11.8 Å². The van der Waals surface area contributed by atoms with Gasteiger partial charge < -0.3 is 10.1 Å². The average molecular weight is 271 g/mol. The van der Waals surface area contributed by atoms with Crippen LogP contribution in [0.2, 0.25) is 0 Å². The molecule has 0 radical (unpaired) electrons. The molecule has 3 nitrogen and oxygen atoms in total. The molecule has 3 aliphatic rings. The molecule has 3 saturated carbocycles. The van der Waals surface area contributed by atoms with E-state index < -0.39 is 0 Å². The van der Waals surface area contributed by atoms with Crippen molar-refractivity contribution in [2.75, 3.05) is 11.9 Å². The van der Waals surface area contributed by atoms with Gasteiger partial charge in [-0.2, -0.15) is 0 Å². The van der Waals surface area contributed by atoms with Crippen molar-refractivity contribution < 1.29 is 9.53 Å². The fraction of sp³-hybridized carbons (Fsp3) is 0.588. The van der Waals surface area contributed by atoms with Gasteiger partial charge in [-0.15, -0.1) is 0 Å². The number of benzene rings is 1. The Labute approximate surface area is 119 Å². The molecule has 106 valence electrons. The molecule has 20 heavy (non-hydrogen) atoms. The third-order valence-electron chi connectivity index (χ3n) is 5.48. The minimum absolute atomic E-state index is 0.212. The summed E-state index contributed by atoms with van der Waals surface area (Å²) in [6, 6.07) is 7.72. The molecule has 0 heterocycles. The predicted octanol–water partition coefficient (Wildman–Crippen LogP) is 3.32. The number of anilines is 1. The first kappa shape index (κ1) is 12.2. The highest BCUT2D eigenvalue weighted by Crippen LogP contribution is 2.69. The van der Waals surface area contributed by atoms with Gasteiger partial charge in [-0.3, -0.25) is 4.79 Å². The molecule has 1 aromatic rings. The zero-order valence-electron chi connectivity index (χ0n) is 11.8. The summed E-state index contributed by atoms with van der Waals surface area (Å²) >= 11 is 0. The predicted molar refractivity (Wildman–Crippen MR) is 77.5 cm³/mol. The summed E-state index contributed by atoms with van der Waals surface area (Å²) in [5.41, 5.74) is 0.816. The Kier molecular flexibility index (Phi) is 2.76. The maximum atomic E-state index is 12.5. The zero-order chi connectivity index (χ0) is 13.7. The van der Waals surface area contributed by atoms with E-state index in [1.54, 1.807) is 0 Å². The van der Waals surface area contributed by atoms with Gasteiger partial charge in [-0.05, 0) is 62.0 Å². The van der Waals surface area contributed by atoms with Crippen LogP contribution in [0.15, 0.2) is 24.3 Å². The number of hydrogen-bond donors (Lipinski definition) is 1. The summed E-state index contributed by atoms with van der Waals surface area (Å²) < 4.78 is 5.57. The average Bonchev–Trinajstić information content (AvgIpc) is 2.90. The number of ether oxygens (including phenoxy) is 1. The fourth-order valence-electron chi connectivity index (χ4n) is 4.74. The SMILES string of the molecule is CCOc1ccccc1NC(=O)C1[C@H]2[C@@H]3CC[C@H](C3)[C@H]12. The first-order valence-electron chi connectivity index (χ1n) is 7.82. The summed E-state index contributed by atoms with van der Waals surface area (Å²) in [5, 5.41) is 3.09. The first-order valence-corrected chi connectivity index (χ1v) is 7.82. The van der Waals surface area contributed by atoms with Gasteiger partial charge in [0, 0.05) is 5.92 Å². The molecule has 3 heteroatoms. The quantitative estimate of drug-likeness (QED) is 0.912. The summed E-state index contributed by atoms with van der Waals surface area (Å²) in [6.45, 7) is 2.58. The van der Waals surface area contributed by atoms with Gasteiger partial charge in [0.2, 0.25) is 5.91 Å². The molecule has 0 unspecified atom stereocenters. The maximum Gasteiger partial charge on any atom is 0.228 e. The summed E-state index contributed by atoms with van der Waals surface area (Å²) in [7, 11) is 0. The van der Waals surface area contributed by atoms with E-state index in [0.29, 0.717) is 18.4 Å². The number of nitrogens with one attached hydrogen (secondary N) is 1. The topological polar surface area (TPSA) is 38.3 Å². The van der Waals surface area contributed by atoms with Gasteiger partial charge in [-0.25, -0.2) is 0 Å². The van der Waals surface area contributed by atoms with Gasteiger partial charge in [0.05, 0.1) is 12.3 Å². The molecule has 0 spiro atoms. The smallest absolute Gasteiger partial charge is 0.228 e. The van der Waals surface area contributed by atoms with Crippen LogP contribution in [0.3, 0.4) is 0 Å². The van der Waals surface area contributed by atoms with Gasteiger partial charge in [0.15, 0.2) is 0 Å². The Morgan fingerprint density at radius 2 is 1.95 bits per heavy atom. The molecule has 4 atom stereocenters. The molecule has 0 aliphatic heterocycles. The van der Waals surface area contributed by atoms with E-state index in [2.05, 4.69) is 5.32 Å². The van der Waals surface area contributed by atoms with Crippen molar-refractivity contribution in [2.24, 2.45) is 29.6 Å². The number of fused-ring (bicyclic) bond motifs is 5. The van der Waals surface area contributed by atoms with Crippen LogP contribution in [0, 0.1) is 29.6 Å².